The molecule has 1 heterocycles. The average Bonchev–Trinajstić information content (AvgIpc) is 2.92. The first-order valence-corrected chi connectivity index (χ1v) is 7.66. The van der Waals surface area contributed by atoms with E-state index in [0.29, 0.717) is 18.1 Å². The van der Waals surface area contributed by atoms with Crippen LogP contribution in [0.5, 0.6) is 11.5 Å². The van der Waals surface area contributed by atoms with Crippen LogP contribution in [0.1, 0.15) is 33.6 Å². The highest BCUT2D eigenvalue weighted by atomic mass is 16.6. The van der Waals surface area contributed by atoms with Crippen LogP contribution < -0.4 is 9.47 Å². The van der Waals surface area contributed by atoms with E-state index >= 15 is 0 Å². The van der Waals surface area contributed by atoms with Crippen molar-refractivity contribution in [3.8, 4) is 11.5 Å². The Morgan fingerprint density at radius 2 is 1.95 bits per heavy atom. The SMILES string of the molecule is COc1ccccc1OCC1CCCN1C(=O)OC(C)(C)C. The molecular weight excluding hydrogens is 282 g/mol. The highest BCUT2D eigenvalue weighted by molar-refractivity contribution is 5.69. The summed E-state index contributed by atoms with van der Waals surface area (Å²) in [6.07, 6.45) is 1.63. The first-order valence-electron chi connectivity index (χ1n) is 7.66. The average molecular weight is 307 g/mol. The van der Waals surface area contributed by atoms with Gasteiger partial charge in [0.05, 0.1) is 13.2 Å². The summed E-state index contributed by atoms with van der Waals surface area (Å²) in [6.45, 7) is 6.79. The molecule has 0 aromatic heterocycles. The van der Waals surface area contributed by atoms with Gasteiger partial charge in [-0.2, -0.15) is 0 Å². The van der Waals surface area contributed by atoms with E-state index in [1.807, 2.05) is 45.0 Å². The summed E-state index contributed by atoms with van der Waals surface area (Å²) in [5.74, 6) is 1.39. The highest BCUT2D eigenvalue weighted by Gasteiger charge is 2.32. The van der Waals surface area contributed by atoms with Gasteiger partial charge in [0.15, 0.2) is 11.5 Å². The molecule has 1 aromatic carbocycles. The van der Waals surface area contributed by atoms with Gasteiger partial charge in [0.2, 0.25) is 0 Å². The molecule has 122 valence electrons. The van der Waals surface area contributed by atoms with E-state index in [1.54, 1.807) is 12.0 Å². The fourth-order valence-corrected chi connectivity index (χ4v) is 2.49. The molecule has 1 atom stereocenters. The quantitative estimate of drug-likeness (QED) is 0.854. The molecule has 1 aliphatic rings. The Morgan fingerprint density at radius 1 is 1.27 bits per heavy atom. The van der Waals surface area contributed by atoms with Gasteiger partial charge in [-0.25, -0.2) is 4.79 Å². The van der Waals surface area contributed by atoms with E-state index in [2.05, 4.69) is 0 Å². The third kappa shape index (κ3) is 4.29. The molecule has 0 saturated carbocycles. The molecule has 0 spiro atoms. The summed E-state index contributed by atoms with van der Waals surface area (Å²) in [4.78, 5) is 14.0. The fourth-order valence-electron chi connectivity index (χ4n) is 2.49. The number of likely N-dealkylation sites (tertiary alicyclic amines) is 1. The molecule has 1 fully saturated rings. The van der Waals surface area contributed by atoms with Gasteiger partial charge in [-0.3, -0.25) is 0 Å². The number of carbonyl (C=O) groups is 1. The molecule has 1 aliphatic heterocycles. The van der Waals surface area contributed by atoms with Crippen molar-refractivity contribution in [2.24, 2.45) is 0 Å². The lowest BCUT2D eigenvalue weighted by atomic mass is 10.2. The summed E-state index contributed by atoms with van der Waals surface area (Å²) >= 11 is 0. The predicted molar refractivity (Wildman–Crippen MR) is 84.5 cm³/mol. The van der Waals surface area contributed by atoms with Crippen LogP contribution in [0.4, 0.5) is 4.79 Å². The smallest absolute Gasteiger partial charge is 0.410 e. The molecule has 5 nitrogen and oxygen atoms in total. The van der Waals surface area contributed by atoms with Crippen LogP contribution in [0.25, 0.3) is 0 Å². The number of nitrogens with zero attached hydrogens (tertiary/aromatic N) is 1. The van der Waals surface area contributed by atoms with E-state index in [1.165, 1.54) is 0 Å². The van der Waals surface area contributed by atoms with Gasteiger partial charge in [-0.1, -0.05) is 12.1 Å². The van der Waals surface area contributed by atoms with Crippen molar-refractivity contribution in [1.29, 1.82) is 0 Å². The van der Waals surface area contributed by atoms with Crippen LogP contribution in [0, 0.1) is 0 Å². The Balaban J connectivity index is 1.95. The third-order valence-corrected chi connectivity index (χ3v) is 3.51. The zero-order valence-corrected chi connectivity index (χ0v) is 13.8. The van der Waals surface area contributed by atoms with Crippen molar-refractivity contribution in [3.63, 3.8) is 0 Å². The summed E-state index contributed by atoms with van der Waals surface area (Å²) in [5.41, 5.74) is -0.478. The second kappa shape index (κ2) is 6.90. The third-order valence-electron chi connectivity index (χ3n) is 3.51. The number of amides is 1. The molecular formula is C17H25NO4. The monoisotopic (exact) mass is 307 g/mol. The lowest BCUT2D eigenvalue weighted by Gasteiger charge is -2.28. The van der Waals surface area contributed by atoms with E-state index in [4.69, 9.17) is 14.2 Å². The van der Waals surface area contributed by atoms with Crippen LogP contribution in [-0.4, -0.2) is 42.9 Å². The number of para-hydroxylation sites is 2. The number of hydrogen-bond acceptors (Lipinski definition) is 4. The van der Waals surface area contributed by atoms with Gasteiger partial charge >= 0.3 is 6.09 Å². The van der Waals surface area contributed by atoms with Crippen molar-refractivity contribution in [3.05, 3.63) is 24.3 Å². The maximum absolute atomic E-state index is 12.2. The maximum atomic E-state index is 12.2. The molecule has 0 radical (unpaired) electrons. The second-order valence-corrected chi connectivity index (χ2v) is 6.43. The molecule has 2 rings (SSSR count). The van der Waals surface area contributed by atoms with Crippen LogP contribution in [0.3, 0.4) is 0 Å². The minimum Gasteiger partial charge on any atom is -0.493 e. The molecule has 1 amide bonds. The van der Waals surface area contributed by atoms with Crippen molar-refractivity contribution in [2.45, 2.75) is 45.3 Å². The molecule has 1 saturated heterocycles. The fraction of sp³-hybridized carbons (Fsp3) is 0.588. The number of benzene rings is 1. The number of hydrogen-bond donors (Lipinski definition) is 0. The number of carbonyl (C=O) groups excluding carboxylic acids is 1. The summed E-state index contributed by atoms with van der Waals surface area (Å²) in [7, 11) is 1.62. The Hall–Kier alpha value is -1.91. The van der Waals surface area contributed by atoms with E-state index in [9.17, 15) is 4.79 Å². The van der Waals surface area contributed by atoms with Gasteiger partial charge in [-0.15, -0.1) is 0 Å². The highest BCUT2D eigenvalue weighted by Crippen LogP contribution is 2.27. The molecule has 0 N–H and O–H groups in total. The van der Waals surface area contributed by atoms with Crippen molar-refractivity contribution < 1.29 is 19.0 Å². The Bertz CT molecular complexity index is 510. The van der Waals surface area contributed by atoms with E-state index < -0.39 is 5.60 Å². The molecule has 1 unspecified atom stereocenters. The number of ether oxygens (including phenoxy) is 3. The predicted octanol–water partition coefficient (Wildman–Crippen LogP) is 3.47. The maximum Gasteiger partial charge on any atom is 0.410 e. The standard InChI is InChI=1S/C17H25NO4/c1-17(2,3)22-16(19)18-11-7-8-13(18)12-21-15-10-6-5-9-14(15)20-4/h5-6,9-10,13H,7-8,11-12H2,1-4H3. The molecule has 0 aliphatic carbocycles. The largest absolute Gasteiger partial charge is 0.493 e. The molecule has 22 heavy (non-hydrogen) atoms. The normalized spacial score (nSPS) is 18.2. The lowest BCUT2D eigenvalue weighted by Crippen LogP contribution is -2.42. The minimum atomic E-state index is -0.478. The van der Waals surface area contributed by atoms with E-state index in [-0.39, 0.29) is 12.1 Å². The van der Waals surface area contributed by atoms with Crippen LogP contribution >= 0.6 is 0 Å². The molecule has 0 bridgehead atoms. The van der Waals surface area contributed by atoms with Gasteiger partial charge in [0.25, 0.3) is 0 Å². The number of rotatable bonds is 4. The van der Waals surface area contributed by atoms with Crippen molar-refractivity contribution >= 4 is 6.09 Å². The minimum absolute atomic E-state index is 0.0414. The van der Waals surface area contributed by atoms with Crippen LogP contribution in [0.2, 0.25) is 0 Å². The van der Waals surface area contributed by atoms with Gasteiger partial charge in [0.1, 0.15) is 12.2 Å². The lowest BCUT2D eigenvalue weighted by molar-refractivity contribution is 0.0187. The zero-order chi connectivity index (χ0) is 16.2. The van der Waals surface area contributed by atoms with Gasteiger partial charge in [0, 0.05) is 6.54 Å². The second-order valence-electron chi connectivity index (χ2n) is 6.43. The van der Waals surface area contributed by atoms with Gasteiger partial charge in [-0.05, 0) is 45.7 Å². The Kier molecular flexibility index (Phi) is 5.16. The van der Waals surface area contributed by atoms with Gasteiger partial charge < -0.3 is 19.1 Å². The summed E-state index contributed by atoms with van der Waals surface area (Å²) in [6, 6.07) is 7.56. The molecule has 1 aromatic rings. The summed E-state index contributed by atoms with van der Waals surface area (Å²) < 4.78 is 16.6. The van der Waals surface area contributed by atoms with Crippen LogP contribution in [-0.2, 0) is 4.74 Å². The summed E-state index contributed by atoms with van der Waals surface area (Å²) in [5, 5.41) is 0. The van der Waals surface area contributed by atoms with Crippen molar-refractivity contribution in [2.75, 3.05) is 20.3 Å². The first kappa shape index (κ1) is 16.5. The molecule has 5 heteroatoms. The topological polar surface area (TPSA) is 48.0 Å². The number of methoxy groups -OCH3 is 1. The Morgan fingerprint density at radius 3 is 2.59 bits per heavy atom. The van der Waals surface area contributed by atoms with Crippen LogP contribution in [0.15, 0.2) is 24.3 Å². The zero-order valence-electron chi connectivity index (χ0n) is 13.8. The van der Waals surface area contributed by atoms with E-state index in [0.717, 1.165) is 19.4 Å². The Labute approximate surface area is 132 Å². The first-order chi connectivity index (χ1) is 10.4. The van der Waals surface area contributed by atoms with Crippen molar-refractivity contribution in [1.82, 2.24) is 4.90 Å².